The summed E-state index contributed by atoms with van der Waals surface area (Å²) < 4.78 is 10.3. The predicted octanol–water partition coefficient (Wildman–Crippen LogP) is 3.91. The molecule has 1 N–H and O–H groups in total. The van der Waals surface area contributed by atoms with Crippen LogP contribution in [0.3, 0.4) is 0 Å². The third-order valence-corrected chi connectivity index (χ3v) is 4.09. The van der Waals surface area contributed by atoms with Crippen LogP contribution in [0.25, 0.3) is 0 Å². The van der Waals surface area contributed by atoms with Gasteiger partial charge in [-0.2, -0.15) is 0 Å². The molecule has 138 valence electrons. The summed E-state index contributed by atoms with van der Waals surface area (Å²) in [5, 5.41) is 9.59. The molecule has 0 radical (unpaired) electrons. The minimum Gasteiger partial charge on any atom is -0.508 e. The molecule has 27 heavy (non-hydrogen) atoms. The number of carbonyl (C=O) groups excluding carboxylic acids is 1. The minimum absolute atomic E-state index is 0.0779. The maximum absolute atomic E-state index is 11.4. The van der Waals surface area contributed by atoms with E-state index in [1.807, 2.05) is 54.6 Å². The Morgan fingerprint density at radius 1 is 1.00 bits per heavy atom. The highest BCUT2D eigenvalue weighted by molar-refractivity contribution is 5.71. The summed E-state index contributed by atoms with van der Waals surface area (Å²) in [4.78, 5) is 15.9. The molecule has 0 saturated carbocycles. The number of hydrogen-bond donors (Lipinski definition) is 1. The van der Waals surface area contributed by atoms with Crippen LogP contribution in [-0.4, -0.2) is 29.3 Å². The first-order chi connectivity index (χ1) is 13.2. The van der Waals surface area contributed by atoms with Crippen LogP contribution in [0.5, 0.6) is 11.5 Å². The zero-order valence-electron chi connectivity index (χ0n) is 15.0. The number of carbonyl (C=O) groups is 1. The zero-order chi connectivity index (χ0) is 19.1. The van der Waals surface area contributed by atoms with Crippen LogP contribution in [0.1, 0.15) is 29.7 Å². The van der Waals surface area contributed by atoms with Crippen molar-refractivity contribution in [3.05, 3.63) is 89.7 Å². The number of phenols is 1. The lowest BCUT2D eigenvalue weighted by Gasteiger charge is -2.18. The quantitative estimate of drug-likeness (QED) is 0.645. The van der Waals surface area contributed by atoms with Crippen LogP contribution in [0.15, 0.2) is 72.9 Å². The van der Waals surface area contributed by atoms with Crippen LogP contribution in [-0.2, 0) is 9.53 Å². The van der Waals surface area contributed by atoms with Crippen LogP contribution in [0.4, 0.5) is 0 Å². The standard InChI is InChI=1S/C22H21NO4/c1-2-26-21(25)15-27-19-12-8-17(9-13-19)22(20-5-3-4-14-23-20)16-6-10-18(24)11-7-16/h3-14,22,24H,2,15H2,1H3. The van der Waals surface area contributed by atoms with Crippen molar-refractivity contribution >= 4 is 5.97 Å². The molecule has 0 amide bonds. The Bertz CT molecular complexity index is 861. The Balaban J connectivity index is 1.84. The number of aromatic nitrogens is 1. The number of nitrogens with zero attached hydrogens (tertiary/aromatic N) is 1. The fourth-order valence-corrected chi connectivity index (χ4v) is 2.85. The fraction of sp³-hybridized carbons (Fsp3) is 0.182. The van der Waals surface area contributed by atoms with Gasteiger partial charge in [0.05, 0.1) is 18.2 Å². The number of phenolic OH excluding ortho intramolecular Hbond substituents is 1. The van der Waals surface area contributed by atoms with E-state index in [4.69, 9.17) is 9.47 Å². The van der Waals surface area contributed by atoms with Gasteiger partial charge in [-0.05, 0) is 54.4 Å². The largest absolute Gasteiger partial charge is 0.508 e. The number of pyridine rings is 1. The number of aromatic hydroxyl groups is 1. The average Bonchev–Trinajstić information content (AvgIpc) is 2.70. The van der Waals surface area contributed by atoms with Gasteiger partial charge >= 0.3 is 5.97 Å². The molecule has 0 aliphatic rings. The number of hydrogen-bond acceptors (Lipinski definition) is 5. The maximum atomic E-state index is 11.4. The number of rotatable bonds is 7. The molecule has 0 aliphatic carbocycles. The van der Waals surface area contributed by atoms with Crippen molar-refractivity contribution in [3.8, 4) is 11.5 Å². The lowest BCUT2D eigenvalue weighted by atomic mass is 9.88. The first-order valence-corrected chi connectivity index (χ1v) is 8.75. The van der Waals surface area contributed by atoms with Crippen LogP contribution < -0.4 is 4.74 Å². The Kier molecular flexibility index (Phi) is 6.05. The second-order valence-corrected chi connectivity index (χ2v) is 5.94. The van der Waals surface area contributed by atoms with Crippen molar-refractivity contribution in [1.29, 1.82) is 0 Å². The van der Waals surface area contributed by atoms with Crippen molar-refractivity contribution in [1.82, 2.24) is 4.98 Å². The monoisotopic (exact) mass is 363 g/mol. The summed E-state index contributed by atoms with van der Waals surface area (Å²) in [6.45, 7) is 1.97. The summed E-state index contributed by atoms with van der Waals surface area (Å²) in [6.07, 6.45) is 1.76. The molecule has 0 saturated heterocycles. The van der Waals surface area contributed by atoms with Crippen molar-refractivity contribution in [2.24, 2.45) is 0 Å². The number of ether oxygens (including phenoxy) is 2. The summed E-state index contributed by atoms with van der Waals surface area (Å²) >= 11 is 0. The average molecular weight is 363 g/mol. The summed E-state index contributed by atoms with van der Waals surface area (Å²) in [5.41, 5.74) is 2.96. The van der Waals surface area contributed by atoms with Gasteiger partial charge in [0, 0.05) is 6.20 Å². The Hall–Kier alpha value is -3.34. The highest BCUT2D eigenvalue weighted by Crippen LogP contribution is 2.32. The summed E-state index contributed by atoms with van der Waals surface area (Å²) in [5.74, 6) is 0.349. The Morgan fingerprint density at radius 2 is 1.67 bits per heavy atom. The SMILES string of the molecule is CCOC(=O)COc1ccc(C(c2ccc(O)cc2)c2ccccn2)cc1. The number of esters is 1. The van der Waals surface area contributed by atoms with Gasteiger partial charge in [-0.3, -0.25) is 4.98 Å². The van der Waals surface area contributed by atoms with E-state index in [9.17, 15) is 9.90 Å². The highest BCUT2D eigenvalue weighted by Gasteiger charge is 2.18. The van der Waals surface area contributed by atoms with Crippen molar-refractivity contribution in [2.75, 3.05) is 13.2 Å². The van der Waals surface area contributed by atoms with E-state index in [0.717, 1.165) is 16.8 Å². The molecule has 1 aromatic heterocycles. The third kappa shape index (κ3) is 4.85. The Labute approximate surface area is 158 Å². The normalized spacial score (nSPS) is 11.6. The molecule has 0 aliphatic heterocycles. The first-order valence-electron chi connectivity index (χ1n) is 8.75. The first kappa shape index (κ1) is 18.5. The molecule has 5 heteroatoms. The van der Waals surface area contributed by atoms with E-state index in [2.05, 4.69) is 4.98 Å². The zero-order valence-corrected chi connectivity index (χ0v) is 15.0. The number of benzene rings is 2. The van der Waals surface area contributed by atoms with E-state index >= 15 is 0 Å². The van der Waals surface area contributed by atoms with Gasteiger partial charge in [0.15, 0.2) is 6.61 Å². The van der Waals surface area contributed by atoms with Gasteiger partial charge in [0.25, 0.3) is 0 Å². The second kappa shape index (κ2) is 8.85. The minimum atomic E-state index is -0.392. The molecule has 3 rings (SSSR count). The summed E-state index contributed by atoms with van der Waals surface area (Å²) in [7, 11) is 0. The van der Waals surface area contributed by atoms with Crippen molar-refractivity contribution in [3.63, 3.8) is 0 Å². The van der Waals surface area contributed by atoms with Crippen LogP contribution >= 0.6 is 0 Å². The third-order valence-electron chi connectivity index (χ3n) is 4.09. The van der Waals surface area contributed by atoms with Crippen molar-refractivity contribution < 1.29 is 19.4 Å². The molecule has 1 unspecified atom stereocenters. The molecule has 5 nitrogen and oxygen atoms in total. The smallest absolute Gasteiger partial charge is 0.344 e. The lowest BCUT2D eigenvalue weighted by molar-refractivity contribution is -0.145. The van der Waals surface area contributed by atoms with Gasteiger partial charge in [-0.25, -0.2) is 4.79 Å². The van der Waals surface area contributed by atoms with Gasteiger partial charge < -0.3 is 14.6 Å². The molecule has 0 fully saturated rings. The van der Waals surface area contributed by atoms with Gasteiger partial charge in [0.1, 0.15) is 11.5 Å². The van der Waals surface area contributed by atoms with Gasteiger partial charge in [-0.1, -0.05) is 30.3 Å². The van der Waals surface area contributed by atoms with E-state index in [0.29, 0.717) is 12.4 Å². The highest BCUT2D eigenvalue weighted by atomic mass is 16.6. The molecule has 0 spiro atoms. The van der Waals surface area contributed by atoms with Crippen molar-refractivity contribution in [2.45, 2.75) is 12.8 Å². The fourth-order valence-electron chi connectivity index (χ4n) is 2.85. The molecule has 2 aromatic carbocycles. The van der Waals surface area contributed by atoms with Crippen LogP contribution in [0.2, 0.25) is 0 Å². The molecular weight excluding hydrogens is 342 g/mol. The summed E-state index contributed by atoms with van der Waals surface area (Å²) in [6, 6.07) is 20.5. The Morgan fingerprint density at radius 3 is 2.26 bits per heavy atom. The van der Waals surface area contributed by atoms with E-state index in [1.165, 1.54) is 0 Å². The molecular formula is C22H21NO4. The topological polar surface area (TPSA) is 68.7 Å². The predicted molar refractivity (Wildman–Crippen MR) is 102 cm³/mol. The van der Waals surface area contributed by atoms with Gasteiger partial charge in [-0.15, -0.1) is 0 Å². The molecule has 3 aromatic rings. The van der Waals surface area contributed by atoms with E-state index < -0.39 is 5.97 Å². The molecule has 1 atom stereocenters. The molecule has 0 bridgehead atoms. The molecule has 1 heterocycles. The second-order valence-electron chi connectivity index (χ2n) is 5.94. The van der Waals surface area contributed by atoms with Gasteiger partial charge in [0.2, 0.25) is 0 Å². The van der Waals surface area contributed by atoms with E-state index in [1.54, 1.807) is 25.3 Å². The lowest BCUT2D eigenvalue weighted by Crippen LogP contribution is -2.14. The van der Waals surface area contributed by atoms with E-state index in [-0.39, 0.29) is 18.3 Å². The maximum Gasteiger partial charge on any atom is 0.344 e. The van der Waals surface area contributed by atoms with Crippen LogP contribution in [0, 0.1) is 0 Å².